The molecule has 2 aliphatic rings. The van der Waals surface area contributed by atoms with E-state index in [0.29, 0.717) is 42.7 Å². The standard InChI is InChI=1S/C28H30N2O4S/c1-33-24-9-5-6-10-25(24)34-19-23-22-14-16-35-26(22)13-15-30(23)27(31)18-29(17-20-11-12-20)28(32)21-7-3-2-4-8-21/h2-10,14,16,20,23H,11-13,15,17-19H2,1H3/t23-/m1/s1. The fourth-order valence-corrected chi connectivity index (χ4v) is 5.56. The van der Waals surface area contributed by atoms with Crippen molar-refractivity contribution in [1.29, 1.82) is 0 Å². The van der Waals surface area contributed by atoms with Crippen molar-refractivity contribution in [2.45, 2.75) is 25.3 Å². The molecule has 2 amide bonds. The van der Waals surface area contributed by atoms with Crippen molar-refractivity contribution >= 4 is 23.2 Å². The SMILES string of the molecule is COc1ccccc1OC[C@@H]1c2ccsc2CCN1C(=O)CN(CC1CC1)C(=O)c1ccccc1. The van der Waals surface area contributed by atoms with E-state index >= 15 is 0 Å². The third-order valence-electron chi connectivity index (χ3n) is 6.69. The number of carbonyl (C=O) groups is 2. The van der Waals surface area contributed by atoms with Crippen LogP contribution in [-0.2, 0) is 11.2 Å². The van der Waals surface area contributed by atoms with E-state index in [2.05, 4.69) is 11.4 Å². The summed E-state index contributed by atoms with van der Waals surface area (Å²) in [6.45, 7) is 1.64. The maximum absolute atomic E-state index is 13.7. The molecule has 0 unspecified atom stereocenters. The van der Waals surface area contributed by atoms with Crippen LogP contribution in [0.2, 0.25) is 0 Å². The lowest BCUT2D eigenvalue weighted by Crippen LogP contribution is -2.48. The summed E-state index contributed by atoms with van der Waals surface area (Å²) in [5.41, 5.74) is 1.75. The molecule has 2 aromatic carbocycles. The van der Waals surface area contributed by atoms with E-state index in [1.807, 2.05) is 59.5 Å². The van der Waals surface area contributed by atoms with E-state index in [9.17, 15) is 9.59 Å². The van der Waals surface area contributed by atoms with Gasteiger partial charge in [-0.15, -0.1) is 11.3 Å². The molecular formula is C28H30N2O4S. The van der Waals surface area contributed by atoms with Crippen molar-refractivity contribution in [3.63, 3.8) is 0 Å². The number of methoxy groups -OCH3 is 1. The number of hydrogen-bond acceptors (Lipinski definition) is 5. The summed E-state index contributed by atoms with van der Waals surface area (Å²) < 4.78 is 11.6. The maximum Gasteiger partial charge on any atom is 0.254 e. The molecule has 0 radical (unpaired) electrons. The van der Waals surface area contributed by atoms with Gasteiger partial charge in [-0.2, -0.15) is 0 Å². The first-order valence-electron chi connectivity index (χ1n) is 12.1. The van der Waals surface area contributed by atoms with Gasteiger partial charge < -0.3 is 19.3 Å². The van der Waals surface area contributed by atoms with Crippen LogP contribution in [0.5, 0.6) is 11.5 Å². The number of benzene rings is 2. The summed E-state index contributed by atoms with van der Waals surface area (Å²) in [6, 6.07) is 18.7. The lowest BCUT2D eigenvalue weighted by Gasteiger charge is -2.37. The van der Waals surface area contributed by atoms with Crippen LogP contribution in [0.3, 0.4) is 0 Å². The van der Waals surface area contributed by atoms with Crippen LogP contribution < -0.4 is 9.47 Å². The maximum atomic E-state index is 13.7. The van der Waals surface area contributed by atoms with Crippen LogP contribution in [0.1, 0.15) is 39.7 Å². The summed E-state index contributed by atoms with van der Waals surface area (Å²) >= 11 is 1.72. The lowest BCUT2D eigenvalue weighted by atomic mass is 10.00. The van der Waals surface area contributed by atoms with E-state index in [4.69, 9.17) is 9.47 Å². The molecule has 1 fully saturated rings. The Hall–Kier alpha value is -3.32. The molecule has 35 heavy (non-hydrogen) atoms. The van der Waals surface area contributed by atoms with Crippen LogP contribution in [-0.4, -0.2) is 55.0 Å². The molecule has 2 heterocycles. The average Bonchev–Trinajstić information content (AvgIpc) is 3.59. The zero-order valence-corrected chi connectivity index (χ0v) is 20.7. The molecule has 7 heteroatoms. The Kier molecular flexibility index (Phi) is 7.04. The van der Waals surface area contributed by atoms with Gasteiger partial charge in [0.05, 0.1) is 13.2 Å². The van der Waals surface area contributed by atoms with Crippen LogP contribution in [0.4, 0.5) is 0 Å². The minimum Gasteiger partial charge on any atom is -0.493 e. The predicted octanol–water partition coefficient (Wildman–Crippen LogP) is 4.81. The largest absolute Gasteiger partial charge is 0.493 e. The normalized spacial score (nSPS) is 16.9. The summed E-state index contributed by atoms with van der Waals surface area (Å²) in [7, 11) is 1.62. The van der Waals surface area contributed by atoms with E-state index in [1.165, 1.54) is 4.88 Å². The predicted molar refractivity (Wildman–Crippen MR) is 136 cm³/mol. The van der Waals surface area contributed by atoms with Gasteiger partial charge in [0.25, 0.3) is 5.91 Å². The van der Waals surface area contributed by atoms with Gasteiger partial charge in [-0.1, -0.05) is 30.3 Å². The number of para-hydroxylation sites is 2. The number of fused-ring (bicyclic) bond motifs is 1. The van der Waals surface area contributed by atoms with Gasteiger partial charge in [-0.25, -0.2) is 0 Å². The number of rotatable bonds is 9. The van der Waals surface area contributed by atoms with Crippen molar-refractivity contribution in [1.82, 2.24) is 9.80 Å². The number of ether oxygens (including phenoxy) is 2. The van der Waals surface area contributed by atoms with E-state index < -0.39 is 0 Å². The number of hydrogen-bond donors (Lipinski definition) is 0. The van der Waals surface area contributed by atoms with E-state index in [1.54, 1.807) is 23.3 Å². The number of amides is 2. The molecule has 182 valence electrons. The zero-order valence-electron chi connectivity index (χ0n) is 19.9. The van der Waals surface area contributed by atoms with Gasteiger partial charge in [0.15, 0.2) is 11.5 Å². The first kappa shape index (κ1) is 23.4. The molecule has 0 saturated heterocycles. The van der Waals surface area contributed by atoms with Gasteiger partial charge in [0, 0.05) is 23.5 Å². The Labute approximate surface area is 210 Å². The number of nitrogens with zero attached hydrogens (tertiary/aromatic N) is 2. The molecule has 3 aromatic rings. The Morgan fingerprint density at radius 3 is 2.51 bits per heavy atom. The highest BCUT2D eigenvalue weighted by atomic mass is 32.1. The second-order valence-corrected chi connectivity index (χ2v) is 10.1. The molecule has 1 aliphatic carbocycles. The molecule has 1 aliphatic heterocycles. The zero-order chi connectivity index (χ0) is 24.2. The Morgan fingerprint density at radius 1 is 1.03 bits per heavy atom. The fourth-order valence-electron chi connectivity index (χ4n) is 4.63. The first-order valence-corrected chi connectivity index (χ1v) is 13.0. The second kappa shape index (κ2) is 10.5. The van der Waals surface area contributed by atoms with Gasteiger partial charge in [0.1, 0.15) is 13.2 Å². The fraction of sp³-hybridized carbons (Fsp3) is 0.357. The van der Waals surface area contributed by atoms with Gasteiger partial charge in [-0.05, 0) is 66.5 Å². The van der Waals surface area contributed by atoms with E-state index in [0.717, 1.165) is 24.8 Å². The topological polar surface area (TPSA) is 59.1 Å². The summed E-state index contributed by atoms with van der Waals surface area (Å²) in [5, 5.41) is 2.08. The number of carbonyl (C=O) groups excluding carboxylic acids is 2. The van der Waals surface area contributed by atoms with Crippen LogP contribution in [0.25, 0.3) is 0 Å². The van der Waals surface area contributed by atoms with Crippen molar-refractivity contribution in [3.05, 3.63) is 82.0 Å². The summed E-state index contributed by atoms with van der Waals surface area (Å²) in [4.78, 5) is 31.9. The summed E-state index contributed by atoms with van der Waals surface area (Å²) in [5.74, 6) is 1.68. The molecule has 1 atom stereocenters. The quantitative estimate of drug-likeness (QED) is 0.432. The molecule has 0 N–H and O–H groups in total. The molecular weight excluding hydrogens is 460 g/mol. The van der Waals surface area contributed by atoms with Crippen LogP contribution in [0, 0.1) is 5.92 Å². The smallest absolute Gasteiger partial charge is 0.254 e. The Bertz CT molecular complexity index is 1170. The third kappa shape index (κ3) is 5.35. The third-order valence-corrected chi connectivity index (χ3v) is 7.69. The van der Waals surface area contributed by atoms with Gasteiger partial charge in [-0.3, -0.25) is 9.59 Å². The monoisotopic (exact) mass is 490 g/mol. The second-order valence-electron chi connectivity index (χ2n) is 9.11. The van der Waals surface area contributed by atoms with Crippen molar-refractivity contribution < 1.29 is 19.1 Å². The lowest BCUT2D eigenvalue weighted by molar-refractivity contribution is -0.135. The highest BCUT2D eigenvalue weighted by Gasteiger charge is 2.35. The molecule has 0 bridgehead atoms. The number of thiophene rings is 1. The Morgan fingerprint density at radius 2 is 1.77 bits per heavy atom. The highest BCUT2D eigenvalue weighted by molar-refractivity contribution is 7.10. The van der Waals surface area contributed by atoms with Gasteiger partial charge in [0.2, 0.25) is 5.91 Å². The van der Waals surface area contributed by atoms with Crippen molar-refractivity contribution in [2.75, 3.05) is 33.4 Å². The Balaban J connectivity index is 1.35. The molecule has 6 nitrogen and oxygen atoms in total. The van der Waals surface area contributed by atoms with E-state index in [-0.39, 0.29) is 24.4 Å². The molecule has 1 aromatic heterocycles. The average molecular weight is 491 g/mol. The van der Waals surface area contributed by atoms with Crippen LogP contribution in [0.15, 0.2) is 66.0 Å². The van der Waals surface area contributed by atoms with Crippen molar-refractivity contribution in [3.8, 4) is 11.5 Å². The van der Waals surface area contributed by atoms with Crippen LogP contribution >= 0.6 is 11.3 Å². The minimum absolute atomic E-state index is 0.0413. The minimum atomic E-state index is -0.211. The first-order chi connectivity index (χ1) is 17.1. The molecule has 1 saturated carbocycles. The van der Waals surface area contributed by atoms with Gasteiger partial charge >= 0.3 is 0 Å². The van der Waals surface area contributed by atoms with Crippen molar-refractivity contribution in [2.24, 2.45) is 5.92 Å². The molecule has 5 rings (SSSR count). The summed E-state index contributed by atoms with van der Waals surface area (Å²) in [6.07, 6.45) is 3.05. The molecule has 0 spiro atoms. The highest BCUT2D eigenvalue weighted by Crippen LogP contribution is 2.36.